The molecule has 0 saturated heterocycles. The van der Waals surface area contributed by atoms with Crippen LogP contribution in [0.15, 0.2) is 59.8 Å². The maximum absolute atomic E-state index is 13.1. The van der Waals surface area contributed by atoms with Gasteiger partial charge in [-0.25, -0.2) is 4.98 Å². The normalized spacial score (nSPS) is 11.3. The second-order valence-corrected chi connectivity index (χ2v) is 7.07. The van der Waals surface area contributed by atoms with Crippen molar-refractivity contribution in [1.29, 1.82) is 5.41 Å². The number of pyridine rings is 3. The van der Waals surface area contributed by atoms with Crippen molar-refractivity contribution in [2.24, 2.45) is 0 Å². The molecule has 8 nitrogen and oxygen atoms in total. The lowest BCUT2D eigenvalue weighted by Crippen LogP contribution is -2.37. The van der Waals surface area contributed by atoms with Crippen molar-refractivity contribution in [1.82, 2.24) is 24.3 Å². The summed E-state index contributed by atoms with van der Waals surface area (Å²) in [6, 6.07) is 10.3. The number of hydrogen-bond acceptors (Lipinski definition) is 5. The van der Waals surface area contributed by atoms with Gasteiger partial charge in [0.15, 0.2) is 0 Å². The first-order chi connectivity index (χ1) is 14.0. The van der Waals surface area contributed by atoms with Gasteiger partial charge in [-0.3, -0.25) is 24.4 Å². The van der Waals surface area contributed by atoms with E-state index in [1.807, 2.05) is 19.9 Å². The fourth-order valence-electron chi connectivity index (χ4n) is 3.23. The Morgan fingerprint density at radius 1 is 1.24 bits per heavy atom. The predicted octanol–water partition coefficient (Wildman–Crippen LogP) is 1.71. The zero-order valence-corrected chi connectivity index (χ0v) is 16.1. The van der Waals surface area contributed by atoms with Crippen molar-refractivity contribution in [2.75, 3.05) is 0 Å². The number of nitrogens with zero attached hydrogens (tertiary/aromatic N) is 4. The molecule has 0 bridgehead atoms. The summed E-state index contributed by atoms with van der Waals surface area (Å²) < 4.78 is 3.01. The van der Waals surface area contributed by atoms with Crippen LogP contribution in [-0.4, -0.2) is 30.9 Å². The Kier molecular flexibility index (Phi) is 4.67. The van der Waals surface area contributed by atoms with Crippen molar-refractivity contribution in [3.05, 3.63) is 82.0 Å². The molecule has 4 heterocycles. The summed E-state index contributed by atoms with van der Waals surface area (Å²) in [5.41, 5.74) is 1.50. The maximum atomic E-state index is 13.1. The third-order valence-corrected chi connectivity index (χ3v) is 4.55. The van der Waals surface area contributed by atoms with Crippen molar-refractivity contribution < 1.29 is 4.79 Å². The monoisotopic (exact) mass is 388 g/mol. The van der Waals surface area contributed by atoms with Gasteiger partial charge in [0.05, 0.1) is 17.5 Å². The molecule has 4 aromatic heterocycles. The van der Waals surface area contributed by atoms with E-state index in [2.05, 4.69) is 15.3 Å². The van der Waals surface area contributed by atoms with Crippen LogP contribution in [0.25, 0.3) is 16.7 Å². The minimum absolute atomic E-state index is 0.00770. The molecule has 4 aromatic rings. The third-order valence-electron chi connectivity index (χ3n) is 4.55. The molecule has 0 spiro atoms. The summed E-state index contributed by atoms with van der Waals surface area (Å²) in [6.45, 7) is 3.95. The molecule has 0 atom stereocenters. The highest BCUT2D eigenvalue weighted by Gasteiger charge is 2.18. The highest BCUT2D eigenvalue weighted by Crippen LogP contribution is 2.12. The Morgan fingerprint density at radius 3 is 2.79 bits per heavy atom. The number of hydrogen-bond donors (Lipinski definition) is 2. The van der Waals surface area contributed by atoms with Gasteiger partial charge in [-0.15, -0.1) is 0 Å². The molecule has 0 aliphatic carbocycles. The predicted molar refractivity (Wildman–Crippen MR) is 109 cm³/mol. The van der Waals surface area contributed by atoms with Crippen LogP contribution in [0.4, 0.5) is 0 Å². The quantitative estimate of drug-likeness (QED) is 0.519. The molecule has 0 saturated carbocycles. The number of carbonyl (C=O) groups is 1. The van der Waals surface area contributed by atoms with Crippen molar-refractivity contribution >= 4 is 22.6 Å². The van der Waals surface area contributed by atoms with E-state index in [1.54, 1.807) is 47.4 Å². The average molecular weight is 388 g/mol. The number of nitrogens with one attached hydrogen (secondary N) is 2. The van der Waals surface area contributed by atoms with Crippen LogP contribution in [0.1, 0.15) is 29.8 Å². The number of carbonyl (C=O) groups excluding carboxylic acids is 1. The zero-order chi connectivity index (χ0) is 20.5. The van der Waals surface area contributed by atoms with E-state index in [-0.39, 0.29) is 34.6 Å². The molecule has 29 heavy (non-hydrogen) atoms. The SMILES string of the molecule is CC(C)NC(=O)c1cc2c(=O)n3ccccc3nc2n(Cc2cccnc2)c1=N. The smallest absolute Gasteiger partial charge is 0.267 e. The molecule has 8 heteroatoms. The molecule has 1 amide bonds. The van der Waals surface area contributed by atoms with Crippen LogP contribution in [0.3, 0.4) is 0 Å². The molecule has 0 aliphatic rings. The van der Waals surface area contributed by atoms with Gasteiger partial charge in [0.25, 0.3) is 11.5 Å². The lowest BCUT2D eigenvalue weighted by atomic mass is 10.1. The van der Waals surface area contributed by atoms with Gasteiger partial charge >= 0.3 is 0 Å². The molecule has 2 N–H and O–H groups in total. The number of aromatic nitrogens is 4. The number of rotatable bonds is 4. The Morgan fingerprint density at radius 2 is 2.07 bits per heavy atom. The lowest BCUT2D eigenvalue weighted by Gasteiger charge is -2.15. The summed E-state index contributed by atoms with van der Waals surface area (Å²) in [5, 5.41) is 11.7. The summed E-state index contributed by atoms with van der Waals surface area (Å²) in [4.78, 5) is 34.5. The molecule has 4 rings (SSSR count). The molecule has 0 aromatic carbocycles. The summed E-state index contributed by atoms with van der Waals surface area (Å²) in [5.74, 6) is -0.399. The average Bonchev–Trinajstić information content (AvgIpc) is 2.70. The first-order valence-electron chi connectivity index (χ1n) is 9.25. The van der Waals surface area contributed by atoms with Gasteiger partial charge in [0.2, 0.25) is 0 Å². The van der Waals surface area contributed by atoms with E-state index >= 15 is 0 Å². The van der Waals surface area contributed by atoms with Crippen molar-refractivity contribution in [2.45, 2.75) is 26.4 Å². The Labute approximate surface area is 166 Å². The van der Waals surface area contributed by atoms with Gasteiger partial charge in [-0.2, -0.15) is 0 Å². The van der Waals surface area contributed by atoms with Crippen LogP contribution in [0, 0.1) is 5.41 Å². The Balaban J connectivity index is 2.05. The summed E-state index contributed by atoms with van der Waals surface area (Å²) in [7, 11) is 0. The van der Waals surface area contributed by atoms with E-state index in [0.717, 1.165) is 5.56 Å². The molecule has 0 radical (unpaired) electrons. The number of fused-ring (bicyclic) bond motifs is 2. The summed E-state index contributed by atoms with van der Waals surface area (Å²) >= 11 is 0. The minimum atomic E-state index is -0.399. The largest absolute Gasteiger partial charge is 0.350 e. The van der Waals surface area contributed by atoms with Crippen molar-refractivity contribution in [3.63, 3.8) is 0 Å². The molecule has 0 unspecified atom stereocenters. The molecule has 0 aliphatic heterocycles. The Hall–Kier alpha value is -3.81. The maximum Gasteiger partial charge on any atom is 0.267 e. The second-order valence-electron chi connectivity index (χ2n) is 7.07. The minimum Gasteiger partial charge on any atom is -0.350 e. The van der Waals surface area contributed by atoms with Crippen LogP contribution in [-0.2, 0) is 6.54 Å². The fourth-order valence-corrected chi connectivity index (χ4v) is 3.23. The Bertz CT molecular complexity index is 1340. The molecule has 0 fully saturated rings. The third kappa shape index (κ3) is 3.40. The molecule has 146 valence electrons. The molecular weight excluding hydrogens is 368 g/mol. The highest BCUT2D eigenvalue weighted by atomic mass is 16.1. The van der Waals surface area contributed by atoms with Crippen LogP contribution >= 0.6 is 0 Å². The highest BCUT2D eigenvalue weighted by molar-refractivity contribution is 5.97. The number of amides is 1. The first-order valence-corrected chi connectivity index (χ1v) is 9.25. The molecular formula is C21H20N6O2. The lowest BCUT2D eigenvalue weighted by molar-refractivity contribution is 0.0940. The second kappa shape index (κ2) is 7.31. The van der Waals surface area contributed by atoms with Crippen LogP contribution in [0.5, 0.6) is 0 Å². The first kappa shape index (κ1) is 18.5. The van der Waals surface area contributed by atoms with Gasteiger partial charge in [-0.05, 0) is 43.7 Å². The van der Waals surface area contributed by atoms with Crippen LogP contribution in [0.2, 0.25) is 0 Å². The van der Waals surface area contributed by atoms with E-state index in [1.165, 1.54) is 10.5 Å². The van der Waals surface area contributed by atoms with Gasteiger partial charge in [0.1, 0.15) is 16.8 Å². The topological polar surface area (TPSA) is 105 Å². The van der Waals surface area contributed by atoms with Gasteiger partial charge in [-0.1, -0.05) is 12.1 Å². The van der Waals surface area contributed by atoms with E-state index in [9.17, 15) is 9.59 Å². The van der Waals surface area contributed by atoms with Gasteiger partial charge < -0.3 is 9.88 Å². The van der Waals surface area contributed by atoms with E-state index < -0.39 is 5.91 Å². The van der Waals surface area contributed by atoms with E-state index in [0.29, 0.717) is 11.3 Å². The zero-order valence-electron chi connectivity index (χ0n) is 16.1. The van der Waals surface area contributed by atoms with Gasteiger partial charge in [0, 0.05) is 24.6 Å². The standard InChI is InChI=1S/C21H20N6O2/c1-13(2)24-20(28)15-10-16-19(25-17-7-3-4-9-26(17)21(16)29)27(18(15)22)12-14-6-5-8-23-11-14/h3-11,13,22H,12H2,1-2H3,(H,24,28). The van der Waals surface area contributed by atoms with E-state index in [4.69, 9.17) is 5.41 Å². The summed E-state index contributed by atoms with van der Waals surface area (Å²) in [6.07, 6.45) is 4.99. The fraction of sp³-hybridized carbons (Fsp3) is 0.190. The van der Waals surface area contributed by atoms with Crippen LogP contribution < -0.4 is 16.4 Å². The van der Waals surface area contributed by atoms with Crippen molar-refractivity contribution in [3.8, 4) is 0 Å².